The first-order chi connectivity index (χ1) is 13.5. The van der Waals surface area contributed by atoms with Crippen LogP contribution < -0.4 is 5.32 Å². The number of hydrogen-bond donors (Lipinski definition) is 3. The van der Waals surface area contributed by atoms with Crippen molar-refractivity contribution in [3.05, 3.63) is 52.5 Å². The van der Waals surface area contributed by atoms with E-state index in [2.05, 4.69) is 26.2 Å². The fourth-order valence-electron chi connectivity index (χ4n) is 3.69. The fourth-order valence-corrected chi connectivity index (χ4v) is 4.03. The Morgan fingerprint density at radius 1 is 1.25 bits per heavy atom. The maximum atomic E-state index is 14.1. The van der Waals surface area contributed by atoms with E-state index in [4.69, 9.17) is 0 Å². The van der Waals surface area contributed by atoms with Gasteiger partial charge in [0.2, 0.25) is 0 Å². The quantitative estimate of drug-likeness (QED) is 0.536. The van der Waals surface area contributed by atoms with Crippen LogP contribution in [0.4, 0.5) is 15.8 Å². The smallest absolute Gasteiger partial charge is 0.165 e. The maximum absolute atomic E-state index is 14.1. The Morgan fingerprint density at radius 3 is 2.86 bits per heavy atom. The summed E-state index contributed by atoms with van der Waals surface area (Å²) in [6.45, 7) is 0. The van der Waals surface area contributed by atoms with E-state index in [9.17, 15) is 19.4 Å². The molecule has 0 bridgehead atoms. The summed E-state index contributed by atoms with van der Waals surface area (Å²) in [5.41, 5.74) is 1.19. The molecular weight excluding hydrogens is 427 g/mol. The summed E-state index contributed by atoms with van der Waals surface area (Å²) in [6.07, 6.45) is 5.73. The normalized spacial score (nSPS) is 22.1. The number of halogens is 2. The maximum Gasteiger partial charge on any atom is 0.165 e. The topological polar surface area (TPSA) is 82.5 Å². The van der Waals surface area contributed by atoms with Gasteiger partial charge in [0.15, 0.2) is 5.78 Å². The van der Waals surface area contributed by atoms with E-state index in [1.165, 1.54) is 18.5 Å². The second-order valence-electron chi connectivity index (χ2n) is 7.23. The van der Waals surface area contributed by atoms with Gasteiger partial charge < -0.3 is 15.5 Å². The summed E-state index contributed by atoms with van der Waals surface area (Å²) >= 11 is 3.22. The number of carbonyl (C=O) groups excluding carboxylic acids is 1. The van der Waals surface area contributed by atoms with E-state index in [1.54, 1.807) is 18.2 Å². The second kappa shape index (κ2) is 9.58. The average Bonchev–Trinajstić information content (AvgIpc) is 2.67. The standard InChI is InChI=1S/C21H24BrFN2O3/c22-14-7-8-17(16(23)11-14)25-18-12-24-10-9-15(18)19(26)5-1-3-13-4-2-6-20(27)21(13)28/h7-13,20-21,25,27-28H,1-6H2. The number of ketones is 1. The molecule has 28 heavy (non-hydrogen) atoms. The number of aliphatic hydroxyl groups excluding tert-OH is 2. The Labute approximate surface area is 172 Å². The van der Waals surface area contributed by atoms with Gasteiger partial charge in [-0.25, -0.2) is 4.39 Å². The van der Waals surface area contributed by atoms with Gasteiger partial charge in [-0.1, -0.05) is 22.4 Å². The molecule has 0 amide bonds. The van der Waals surface area contributed by atoms with Gasteiger partial charge in [0, 0.05) is 22.7 Å². The zero-order chi connectivity index (χ0) is 20.1. The number of pyridine rings is 1. The average molecular weight is 451 g/mol. The van der Waals surface area contributed by atoms with Crippen molar-refractivity contribution in [2.45, 2.75) is 50.7 Å². The van der Waals surface area contributed by atoms with Crippen molar-refractivity contribution in [3.63, 3.8) is 0 Å². The van der Waals surface area contributed by atoms with Crippen molar-refractivity contribution in [1.29, 1.82) is 0 Å². The van der Waals surface area contributed by atoms with E-state index in [-0.39, 0.29) is 17.4 Å². The fraction of sp³-hybridized carbons (Fsp3) is 0.429. The molecule has 0 spiro atoms. The highest BCUT2D eigenvalue weighted by atomic mass is 79.9. The third-order valence-electron chi connectivity index (χ3n) is 5.25. The summed E-state index contributed by atoms with van der Waals surface area (Å²) in [6, 6.07) is 6.29. The van der Waals surface area contributed by atoms with Gasteiger partial charge in [-0.2, -0.15) is 0 Å². The monoisotopic (exact) mass is 450 g/mol. The van der Waals surface area contributed by atoms with Crippen LogP contribution in [0, 0.1) is 11.7 Å². The highest BCUT2D eigenvalue weighted by molar-refractivity contribution is 9.10. The van der Waals surface area contributed by atoms with Gasteiger partial charge in [0.1, 0.15) is 5.82 Å². The minimum atomic E-state index is -0.706. The molecule has 1 fully saturated rings. The van der Waals surface area contributed by atoms with E-state index < -0.39 is 18.0 Å². The first-order valence-corrected chi connectivity index (χ1v) is 10.3. The number of anilines is 2. The highest BCUT2D eigenvalue weighted by Crippen LogP contribution is 2.30. The second-order valence-corrected chi connectivity index (χ2v) is 8.15. The van der Waals surface area contributed by atoms with Crippen LogP contribution >= 0.6 is 15.9 Å². The molecule has 1 heterocycles. The number of aliphatic hydroxyl groups is 2. The number of benzene rings is 1. The van der Waals surface area contributed by atoms with Crippen LogP contribution in [0.25, 0.3) is 0 Å². The number of carbonyl (C=O) groups is 1. The highest BCUT2D eigenvalue weighted by Gasteiger charge is 2.30. The van der Waals surface area contributed by atoms with Crippen LogP contribution in [-0.4, -0.2) is 33.2 Å². The molecule has 7 heteroatoms. The van der Waals surface area contributed by atoms with Gasteiger partial charge >= 0.3 is 0 Å². The number of Topliss-reactive ketones (excluding diaryl/α,β-unsaturated/α-hetero) is 1. The molecule has 2 aromatic rings. The zero-order valence-corrected chi connectivity index (χ0v) is 17.0. The number of aromatic nitrogens is 1. The van der Waals surface area contributed by atoms with Gasteiger partial charge in [-0.05, 0) is 55.9 Å². The molecule has 1 aromatic carbocycles. The molecule has 150 valence electrons. The molecule has 3 atom stereocenters. The molecule has 5 nitrogen and oxygen atoms in total. The molecular formula is C21H24BrFN2O3. The van der Waals surface area contributed by atoms with Gasteiger partial charge in [0.05, 0.1) is 29.8 Å². The Bertz CT molecular complexity index is 833. The van der Waals surface area contributed by atoms with Crippen LogP contribution in [0.5, 0.6) is 0 Å². The lowest BCUT2D eigenvalue weighted by Crippen LogP contribution is -2.37. The SMILES string of the molecule is O=C(CCCC1CCCC(O)C1O)c1ccncc1Nc1ccc(Br)cc1F. The molecule has 1 aliphatic rings. The van der Waals surface area contributed by atoms with Crippen LogP contribution in [0.15, 0.2) is 41.1 Å². The van der Waals surface area contributed by atoms with Gasteiger partial charge in [-0.15, -0.1) is 0 Å². The summed E-state index contributed by atoms with van der Waals surface area (Å²) in [4.78, 5) is 16.7. The molecule has 1 aliphatic carbocycles. The molecule has 3 rings (SSSR count). The van der Waals surface area contributed by atoms with Gasteiger partial charge in [-0.3, -0.25) is 9.78 Å². The van der Waals surface area contributed by atoms with Crippen molar-refractivity contribution in [2.75, 3.05) is 5.32 Å². The molecule has 0 aliphatic heterocycles. The van der Waals surface area contributed by atoms with Crippen molar-refractivity contribution >= 4 is 33.1 Å². The number of nitrogens with one attached hydrogen (secondary N) is 1. The minimum Gasteiger partial charge on any atom is -0.390 e. The van der Waals surface area contributed by atoms with Gasteiger partial charge in [0.25, 0.3) is 0 Å². The lowest BCUT2D eigenvalue weighted by molar-refractivity contribution is -0.0470. The predicted octanol–water partition coefficient (Wildman–Crippen LogP) is 4.60. The minimum absolute atomic E-state index is 0.0310. The third kappa shape index (κ3) is 5.16. The third-order valence-corrected chi connectivity index (χ3v) is 5.75. The van der Waals surface area contributed by atoms with Crippen molar-refractivity contribution in [3.8, 4) is 0 Å². The summed E-state index contributed by atoms with van der Waals surface area (Å²) in [5, 5.41) is 22.8. The number of rotatable bonds is 7. The largest absolute Gasteiger partial charge is 0.390 e. The number of hydrogen-bond acceptors (Lipinski definition) is 5. The van der Waals surface area contributed by atoms with E-state index in [0.29, 0.717) is 41.4 Å². The van der Waals surface area contributed by atoms with Crippen LogP contribution in [0.3, 0.4) is 0 Å². The Hall–Kier alpha value is -1.83. The lowest BCUT2D eigenvalue weighted by Gasteiger charge is -2.31. The van der Waals surface area contributed by atoms with Crippen molar-refractivity contribution in [1.82, 2.24) is 4.98 Å². The van der Waals surface area contributed by atoms with E-state index in [0.717, 1.165) is 12.8 Å². The van der Waals surface area contributed by atoms with Crippen LogP contribution in [0.2, 0.25) is 0 Å². The summed E-state index contributed by atoms with van der Waals surface area (Å²) in [5.74, 6) is -0.460. The molecule has 0 radical (unpaired) electrons. The zero-order valence-electron chi connectivity index (χ0n) is 15.4. The van der Waals surface area contributed by atoms with Crippen molar-refractivity contribution < 1.29 is 19.4 Å². The molecule has 0 saturated heterocycles. The first kappa shape index (κ1) is 20.9. The lowest BCUT2D eigenvalue weighted by atomic mass is 9.81. The molecule has 3 unspecified atom stereocenters. The van der Waals surface area contributed by atoms with Crippen LogP contribution in [0.1, 0.15) is 48.9 Å². The Morgan fingerprint density at radius 2 is 2.07 bits per heavy atom. The Kier molecular flexibility index (Phi) is 7.15. The van der Waals surface area contributed by atoms with E-state index in [1.807, 2.05) is 0 Å². The number of nitrogens with zero attached hydrogens (tertiary/aromatic N) is 1. The predicted molar refractivity (Wildman–Crippen MR) is 109 cm³/mol. The van der Waals surface area contributed by atoms with Crippen molar-refractivity contribution in [2.24, 2.45) is 5.92 Å². The first-order valence-electron chi connectivity index (χ1n) is 9.51. The summed E-state index contributed by atoms with van der Waals surface area (Å²) < 4.78 is 14.7. The summed E-state index contributed by atoms with van der Waals surface area (Å²) in [7, 11) is 0. The van der Waals surface area contributed by atoms with E-state index >= 15 is 0 Å². The molecule has 3 N–H and O–H groups in total. The molecule has 1 aromatic heterocycles. The molecule has 1 saturated carbocycles. The Balaban J connectivity index is 1.62. The van der Waals surface area contributed by atoms with Crippen LogP contribution in [-0.2, 0) is 0 Å².